The highest BCUT2D eigenvalue weighted by Gasteiger charge is 2.08. The van der Waals surface area contributed by atoms with Crippen molar-refractivity contribution >= 4 is 23.2 Å². The second kappa shape index (κ2) is 8.08. The lowest BCUT2D eigenvalue weighted by molar-refractivity contribution is 0.302. The van der Waals surface area contributed by atoms with Crippen LogP contribution >= 0.6 is 23.2 Å². The number of para-hydroxylation sites is 1. The summed E-state index contributed by atoms with van der Waals surface area (Å²) >= 11 is 12.3. The highest BCUT2D eigenvalue weighted by atomic mass is 35.5. The molecule has 2 aromatic rings. The van der Waals surface area contributed by atoms with Gasteiger partial charge in [-0.3, -0.25) is 0 Å². The highest BCUT2D eigenvalue weighted by molar-refractivity contribution is 6.35. The van der Waals surface area contributed by atoms with Crippen LogP contribution in [-0.2, 0) is 13.2 Å². The molecular weight excluding hydrogens is 305 g/mol. The number of hydrogen-bond donors (Lipinski definition) is 1. The molecule has 0 aliphatic carbocycles. The molecule has 2 rings (SSSR count). The first-order valence-corrected chi connectivity index (χ1v) is 7.43. The molecule has 0 aliphatic heterocycles. The second-order valence-electron chi connectivity index (χ2n) is 4.52. The Kier molecular flexibility index (Phi) is 6.12. The van der Waals surface area contributed by atoms with Crippen molar-refractivity contribution in [1.29, 1.82) is 0 Å². The van der Waals surface area contributed by atoms with Crippen LogP contribution in [0.2, 0.25) is 10.0 Å². The molecular formula is C17H17Cl2NO. The Morgan fingerprint density at radius 1 is 1.05 bits per heavy atom. The summed E-state index contributed by atoms with van der Waals surface area (Å²) in [5.74, 6) is 0.824. The van der Waals surface area contributed by atoms with Crippen molar-refractivity contribution in [2.24, 2.45) is 0 Å². The SMILES string of the molecule is C=CCNCc1ccccc1OCc1c(Cl)cccc1Cl. The molecule has 0 fully saturated rings. The molecule has 4 heteroatoms. The molecule has 2 aromatic carbocycles. The number of hydrogen-bond acceptors (Lipinski definition) is 2. The molecule has 110 valence electrons. The molecule has 0 aromatic heterocycles. The molecule has 1 N–H and O–H groups in total. The van der Waals surface area contributed by atoms with Gasteiger partial charge in [-0.05, 0) is 18.2 Å². The third-order valence-corrected chi connectivity index (χ3v) is 3.72. The van der Waals surface area contributed by atoms with E-state index in [2.05, 4.69) is 11.9 Å². The molecule has 0 bridgehead atoms. The molecule has 0 aliphatic rings. The Morgan fingerprint density at radius 2 is 1.76 bits per heavy atom. The average molecular weight is 322 g/mol. The highest BCUT2D eigenvalue weighted by Crippen LogP contribution is 2.27. The van der Waals surface area contributed by atoms with Gasteiger partial charge in [-0.1, -0.05) is 53.5 Å². The summed E-state index contributed by atoms with van der Waals surface area (Å²) in [5.41, 5.74) is 1.89. The summed E-state index contributed by atoms with van der Waals surface area (Å²) in [6, 6.07) is 13.3. The third-order valence-electron chi connectivity index (χ3n) is 3.01. The molecule has 0 saturated heterocycles. The summed E-state index contributed by atoms with van der Waals surface area (Å²) < 4.78 is 5.88. The van der Waals surface area contributed by atoms with Crippen molar-refractivity contribution in [1.82, 2.24) is 5.32 Å². The van der Waals surface area contributed by atoms with E-state index in [0.717, 1.165) is 30.0 Å². The molecule has 21 heavy (non-hydrogen) atoms. The zero-order valence-electron chi connectivity index (χ0n) is 11.6. The minimum atomic E-state index is 0.344. The van der Waals surface area contributed by atoms with Crippen molar-refractivity contribution in [3.8, 4) is 5.75 Å². The molecule has 0 spiro atoms. The summed E-state index contributed by atoms with van der Waals surface area (Å²) in [6.07, 6.45) is 1.83. The minimum Gasteiger partial charge on any atom is -0.488 e. The molecule has 0 saturated carbocycles. The van der Waals surface area contributed by atoms with E-state index in [1.807, 2.05) is 48.5 Å². The molecule has 0 amide bonds. The van der Waals surface area contributed by atoms with Crippen LogP contribution in [0.1, 0.15) is 11.1 Å². The molecule has 0 atom stereocenters. The van der Waals surface area contributed by atoms with Gasteiger partial charge in [-0.2, -0.15) is 0 Å². The lowest BCUT2D eigenvalue weighted by Gasteiger charge is -2.13. The number of nitrogens with one attached hydrogen (secondary N) is 1. The van der Waals surface area contributed by atoms with E-state index in [-0.39, 0.29) is 0 Å². The first kappa shape index (κ1) is 15.9. The van der Waals surface area contributed by atoms with Gasteiger partial charge < -0.3 is 10.1 Å². The summed E-state index contributed by atoms with van der Waals surface area (Å²) in [5, 5.41) is 4.49. The van der Waals surface area contributed by atoms with Crippen LogP contribution in [0.5, 0.6) is 5.75 Å². The minimum absolute atomic E-state index is 0.344. The zero-order chi connectivity index (χ0) is 15.1. The summed E-state index contributed by atoms with van der Waals surface area (Å²) in [4.78, 5) is 0. The van der Waals surface area contributed by atoms with Crippen molar-refractivity contribution in [2.75, 3.05) is 6.54 Å². The Hall–Kier alpha value is -1.48. The van der Waals surface area contributed by atoms with E-state index in [1.54, 1.807) is 0 Å². The Balaban J connectivity index is 2.07. The molecule has 0 radical (unpaired) electrons. The fourth-order valence-corrected chi connectivity index (χ4v) is 2.43. The van der Waals surface area contributed by atoms with E-state index in [4.69, 9.17) is 27.9 Å². The maximum Gasteiger partial charge on any atom is 0.124 e. The van der Waals surface area contributed by atoms with Gasteiger partial charge in [0.1, 0.15) is 12.4 Å². The lowest BCUT2D eigenvalue weighted by atomic mass is 10.2. The number of benzene rings is 2. The van der Waals surface area contributed by atoms with Crippen molar-refractivity contribution in [3.05, 3.63) is 76.3 Å². The van der Waals surface area contributed by atoms with Crippen LogP contribution in [-0.4, -0.2) is 6.54 Å². The average Bonchev–Trinajstić information content (AvgIpc) is 2.48. The van der Waals surface area contributed by atoms with E-state index in [9.17, 15) is 0 Å². The first-order chi connectivity index (χ1) is 10.2. The van der Waals surface area contributed by atoms with Gasteiger partial charge in [0.15, 0.2) is 0 Å². The monoisotopic (exact) mass is 321 g/mol. The Bertz CT molecular complexity index is 593. The van der Waals surface area contributed by atoms with Crippen molar-refractivity contribution < 1.29 is 4.74 Å². The van der Waals surface area contributed by atoms with Crippen LogP contribution in [0.25, 0.3) is 0 Å². The van der Waals surface area contributed by atoms with E-state index >= 15 is 0 Å². The maximum atomic E-state index is 6.15. The normalized spacial score (nSPS) is 10.4. The molecule has 2 nitrogen and oxygen atoms in total. The van der Waals surface area contributed by atoms with Crippen molar-refractivity contribution in [3.63, 3.8) is 0 Å². The predicted molar refractivity (Wildman–Crippen MR) is 89.1 cm³/mol. The van der Waals surface area contributed by atoms with Gasteiger partial charge in [0.2, 0.25) is 0 Å². The Labute approximate surface area is 135 Å². The van der Waals surface area contributed by atoms with E-state index in [0.29, 0.717) is 16.7 Å². The van der Waals surface area contributed by atoms with Crippen LogP contribution in [0.4, 0.5) is 0 Å². The number of ether oxygens (including phenoxy) is 1. The van der Waals surface area contributed by atoms with Gasteiger partial charge in [-0.15, -0.1) is 6.58 Å². The van der Waals surface area contributed by atoms with Gasteiger partial charge in [0.25, 0.3) is 0 Å². The number of rotatable bonds is 7. The standard InChI is InChI=1S/C17H17Cl2NO/c1-2-10-20-11-13-6-3-4-9-17(13)21-12-14-15(18)7-5-8-16(14)19/h2-9,20H,1,10-12H2. The zero-order valence-corrected chi connectivity index (χ0v) is 13.1. The van der Waals surface area contributed by atoms with Crippen molar-refractivity contribution in [2.45, 2.75) is 13.2 Å². The molecule has 0 unspecified atom stereocenters. The topological polar surface area (TPSA) is 21.3 Å². The van der Waals surface area contributed by atoms with Crippen LogP contribution in [0, 0.1) is 0 Å². The summed E-state index contributed by atoms with van der Waals surface area (Å²) in [7, 11) is 0. The fraction of sp³-hybridized carbons (Fsp3) is 0.176. The Morgan fingerprint density at radius 3 is 2.48 bits per heavy atom. The van der Waals surface area contributed by atoms with E-state index < -0.39 is 0 Å². The lowest BCUT2D eigenvalue weighted by Crippen LogP contribution is -2.13. The third kappa shape index (κ3) is 4.50. The largest absolute Gasteiger partial charge is 0.488 e. The predicted octanol–water partition coefficient (Wildman–Crippen LogP) is 4.85. The van der Waals surface area contributed by atoms with Gasteiger partial charge in [0, 0.05) is 34.3 Å². The number of halogens is 2. The smallest absolute Gasteiger partial charge is 0.124 e. The second-order valence-corrected chi connectivity index (χ2v) is 5.33. The van der Waals surface area contributed by atoms with Gasteiger partial charge in [0.05, 0.1) is 0 Å². The first-order valence-electron chi connectivity index (χ1n) is 6.67. The fourth-order valence-electron chi connectivity index (χ4n) is 1.92. The van der Waals surface area contributed by atoms with Gasteiger partial charge in [-0.25, -0.2) is 0 Å². The van der Waals surface area contributed by atoms with Crippen LogP contribution in [0.15, 0.2) is 55.1 Å². The maximum absolute atomic E-state index is 6.15. The van der Waals surface area contributed by atoms with Crippen LogP contribution in [0.3, 0.4) is 0 Å². The van der Waals surface area contributed by atoms with Gasteiger partial charge >= 0.3 is 0 Å². The molecule has 0 heterocycles. The summed E-state index contributed by atoms with van der Waals surface area (Å²) in [6.45, 7) is 5.51. The van der Waals surface area contributed by atoms with E-state index in [1.165, 1.54) is 0 Å². The van der Waals surface area contributed by atoms with Crippen LogP contribution < -0.4 is 10.1 Å². The quantitative estimate of drug-likeness (QED) is 0.581.